The molecule has 204 valence electrons. The summed E-state index contributed by atoms with van der Waals surface area (Å²) in [6.45, 7) is 11.0. The van der Waals surface area contributed by atoms with E-state index in [1.165, 1.54) is 11.1 Å². The maximum atomic E-state index is 6.21. The molecule has 39 heavy (non-hydrogen) atoms. The van der Waals surface area contributed by atoms with Crippen molar-refractivity contribution < 1.29 is 14.3 Å². The molecule has 6 heteroatoms. The lowest BCUT2D eigenvalue weighted by atomic mass is 9.66. The van der Waals surface area contributed by atoms with E-state index in [9.17, 15) is 0 Å². The third kappa shape index (κ3) is 7.73. The molecule has 1 saturated carbocycles. The number of hydrogen-bond donors (Lipinski definition) is 1. The first kappa shape index (κ1) is 28.0. The van der Waals surface area contributed by atoms with Crippen LogP contribution in [0.2, 0.25) is 0 Å². The summed E-state index contributed by atoms with van der Waals surface area (Å²) >= 11 is 0. The van der Waals surface area contributed by atoms with Crippen molar-refractivity contribution in [2.24, 2.45) is 5.16 Å². The molecule has 1 aliphatic carbocycles. The summed E-state index contributed by atoms with van der Waals surface area (Å²) in [6.07, 6.45) is 8.82. The van der Waals surface area contributed by atoms with Crippen LogP contribution in [0.15, 0.2) is 109 Å². The van der Waals surface area contributed by atoms with Crippen molar-refractivity contribution in [3.63, 3.8) is 0 Å². The number of methoxy groups -OCH3 is 1. The Morgan fingerprint density at radius 1 is 1.00 bits per heavy atom. The summed E-state index contributed by atoms with van der Waals surface area (Å²) < 4.78 is 11.5. The first-order valence-electron chi connectivity index (χ1n) is 13.5. The average Bonchev–Trinajstić information content (AvgIpc) is 2.97. The van der Waals surface area contributed by atoms with Gasteiger partial charge in [-0.1, -0.05) is 54.2 Å². The molecule has 0 saturated heterocycles. The standard InChI is InChI=1S/C33H39N3O3/c1-25(23-29-9-8-12-32(24-29)37-4)39-36-26(2)33(30-10-6-5-7-11-30)18-13-31(14-19-33)38-27(3)35-22-17-28-15-20-34-21-16-28/h5-12,15-16,20-21,24,31,35H,1,3,13-14,17-19,22-23H2,2,4H3/b36-26+. The fourth-order valence-electron chi connectivity index (χ4n) is 5.22. The van der Waals surface area contributed by atoms with Gasteiger partial charge in [-0.3, -0.25) is 4.98 Å². The molecule has 1 heterocycles. The molecule has 6 nitrogen and oxygen atoms in total. The lowest BCUT2D eigenvalue weighted by Gasteiger charge is -2.40. The second kappa shape index (κ2) is 13.7. The number of aromatic nitrogens is 1. The van der Waals surface area contributed by atoms with E-state index in [1.807, 2.05) is 54.9 Å². The minimum Gasteiger partial charge on any atom is -0.497 e. The Bertz CT molecular complexity index is 1250. The summed E-state index contributed by atoms with van der Waals surface area (Å²) in [5.41, 5.74) is 4.29. The van der Waals surface area contributed by atoms with Gasteiger partial charge in [0.05, 0.1) is 12.8 Å². The SMILES string of the molecule is C=C(Cc1cccc(OC)c1)O/N=C(\C)C1(c2ccccc2)CCC(OC(=C)NCCc2ccncc2)CC1. The van der Waals surface area contributed by atoms with E-state index in [0.29, 0.717) is 18.1 Å². The van der Waals surface area contributed by atoms with Gasteiger partial charge in [0, 0.05) is 30.8 Å². The van der Waals surface area contributed by atoms with E-state index in [0.717, 1.165) is 55.7 Å². The lowest BCUT2D eigenvalue weighted by Crippen LogP contribution is -2.40. The Morgan fingerprint density at radius 3 is 2.46 bits per heavy atom. The number of allylic oxidation sites excluding steroid dienone is 1. The second-order valence-corrected chi connectivity index (χ2v) is 10.1. The van der Waals surface area contributed by atoms with Gasteiger partial charge in [0.15, 0.2) is 5.88 Å². The molecule has 4 rings (SSSR count). The highest BCUT2D eigenvalue weighted by atomic mass is 16.6. The smallest absolute Gasteiger partial charge is 0.179 e. The van der Waals surface area contributed by atoms with Crippen molar-refractivity contribution in [3.05, 3.63) is 121 Å². The Kier molecular flexibility index (Phi) is 9.79. The number of ether oxygens (including phenoxy) is 2. The molecule has 2 aromatic carbocycles. The Balaban J connectivity index is 1.35. The largest absolute Gasteiger partial charge is 0.497 e. The van der Waals surface area contributed by atoms with E-state index < -0.39 is 0 Å². The van der Waals surface area contributed by atoms with Crippen LogP contribution in [0.4, 0.5) is 0 Å². The van der Waals surface area contributed by atoms with Gasteiger partial charge in [-0.05, 0) is 86.6 Å². The molecule has 3 aromatic rings. The minimum atomic E-state index is -0.215. The van der Waals surface area contributed by atoms with E-state index in [1.54, 1.807) is 7.11 Å². The van der Waals surface area contributed by atoms with Gasteiger partial charge < -0.3 is 19.6 Å². The van der Waals surface area contributed by atoms with Crippen LogP contribution in [0.25, 0.3) is 0 Å². The van der Waals surface area contributed by atoms with Crippen LogP contribution in [0.5, 0.6) is 5.75 Å². The molecule has 0 radical (unpaired) electrons. The summed E-state index contributed by atoms with van der Waals surface area (Å²) in [7, 11) is 1.66. The number of benzene rings is 2. The predicted octanol–water partition coefficient (Wildman–Crippen LogP) is 6.74. The number of oxime groups is 1. The zero-order valence-electron chi connectivity index (χ0n) is 23.1. The fourth-order valence-corrected chi connectivity index (χ4v) is 5.22. The first-order valence-corrected chi connectivity index (χ1v) is 13.5. The van der Waals surface area contributed by atoms with Gasteiger partial charge in [-0.2, -0.15) is 0 Å². The number of hydrogen-bond acceptors (Lipinski definition) is 6. The molecule has 0 aliphatic heterocycles. The fraction of sp³-hybridized carbons (Fsp3) is 0.333. The highest BCUT2D eigenvalue weighted by molar-refractivity contribution is 5.92. The van der Waals surface area contributed by atoms with Crippen LogP contribution in [0, 0.1) is 0 Å². The van der Waals surface area contributed by atoms with E-state index >= 15 is 0 Å². The summed E-state index contributed by atoms with van der Waals surface area (Å²) in [5, 5.41) is 7.92. The van der Waals surface area contributed by atoms with E-state index in [4.69, 9.17) is 14.3 Å². The van der Waals surface area contributed by atoms with E-state index in [-0.39, 0.29) is 11.5 Å². The zero-order chi connectivity index (χ0) is 27.5. The maximum absolute atomic E-state index is 6.21. The van der Waals surface area contributed by atoms with Crippen molar-refractivity contribution in [2.75, 3.05) is 13.7 Å². The normalized spacial score (nSPS) is 19.1. The summed E-state index contributed by atoms with van der Waals surface area (Å²) in [6, 6.07) is 22.5. The minimum absolute atomic E-state index is 0.111. The Labute approximate surface area is 232 Å². The maximum Gasteiger partial charge on any atom is 0.179 e. The van der Waals surface area contributed by atoms with Crippen molar-refractivity contribution in [2.45, 2.75) is 57.0 Å². The predicted molar refractivity (Wildman–Crippen MR) is 157 cm³/mol. The first-order chi connectivity index (χ1) is 19.0. The van der Waals surface area contributed by atoms with Crippen LogP contribution in [-0.2, 0) is 27.8 Å². The van der Waals surface area contributed by atoms with Crippen LogP contribution < -0.4 is 10.1 Å². The number of rotatable bonds is 13. The van der Waals surface area contributed by atoms with Crippen LogP contribution in [0.1, 0.15) is 49.3 Å². The Morgan fingerprint density at radius 2 is 1.74 bits per heavy atom. The molecule has 0 unspecified atom stereocenters. The highest BCUT2D eigenvalue weighted by Crippen LogP contribution is 2.42. The molecular weight excluding hydrogens is 486 g/mol. The van der Waals surface area contributed by atoms with Crippen molar-refractivity contribution >= 4 is 5.71 Å². The van der Waals surface area contributed by atoms with Gasteiger partial charge in [-0.25, -0.2) is 0 Å². The van der Waals surface area contributed by atoms with Crippen molar-refractivity contribution in [3.8, 4) is 5.75 Å². The third-order valence-corrected chi connectivity index (χ3v) is 7.45. The van der Waals surface area contributed by atoms with Gasteiger partial charge >= 0.3 is 0 Å². The number of pyridine rings is 1. The Hall–Kier alpha value is -4.06. The molecule has 1 fully saturated rings. The van der Waals surface area contributed by atoms with Gasteiger partial charge in [0.2, 0.25) is 0 Å². The van der Waals surface area contributed by atoms with Crippen LogP contribution in [-0.4, -0.2) is 30.5 Å². The molecule has 0 spiro atoms. The number of nitrogens with zero attached hydrogens (tertiary/aromatic N) is 2. The van der Waals surface area contributed by atoms with Crippen molar-refractivity contribution in [1.29, 1.82) is 0 Å². The van der Waals surface area contributed by atoms with Crippen molar-refractivity contribution in [1.82, 2.24) is 10.3 Å². The number of nitrogens with one attached hydrogen (secondary N) is 1. The molecule has 1 N–H and O–H groups in total. The molecule has 0 bridgehead atoms. The summed E-state index contributed by atoms with van der Waals surface area (Å²) in [4.78, 5) is 9.91. The van der Waals surface area contributed by atoms with E-state index in [2.05, 4.69) is 59.8 Å². The second-order valence-electron chi connectivity index (χ2n) is 10.1. The van der Waals surface area contributed by atoms with Crippen LogP contribution in [0.3, 0.4) is 0 Å². The molecule has 0 amide bonds. The monoisotopic (exact) mass is 525 g/mol. The van der Waals surface area contributed by atoms with Gasteiger partial charge in [-0.15, -0.1) is 0 Å². The highest BCUT2D eigenvalue weighted by Gasteiger charge is 2.40. The van der Waals surface area contributed by atoms with Gasteiger partial charge in [0.25, 0.3) is 0 Å². The zero-order valence-corrected chi connectivity index (χ0v) is 23.1. The topological polar surface area (TPSA) is 65.0 Å². The lowest BCUT2D eigenvalue weighted by molar-refractivity contribution is 0.0593. The molecule has 1 aromatic heterocycles. The molecular formula is C33H39N3O3. The molecule has 0 atom stereocenters. The quantitative estimate of drug-likeness (QED) is 0.152. The third-order valence-electron chi connectivity index (χ3n) is 7.45. The van der Waals surface area contributed by atoms with Gasteiger partial charge in [0.1, 0.15) is 17.6 Å². The molecule has 1 aliphatic rings. The summed E-state index contributed by atoms with van der Waals surface area (Å²) in [5.74, 6) is 2.04. The average molecular weight is 526 g/mol. The van der Waals surface area contributed by atoms with Crippen LogP contribution >= 0.6 is 0 Å².